The second kappa shape index (κ2) is 9.25. The first-order valence-electron chi connectivity index (χ1n) is 9.87. The zero-order valence-corrected chi connectivity index (χ0v) is 18.9. The minimum atomic E-state index is -0.782. The van der Waals surface area contributed by atoms with Crippen molar-refractivity contribution >= 4 is 19.8 Å². The molecule has 2 aromatic rings. The fourth-order valence-electron chi connectivity index (χ4n) is 4.14. The van der Waals surface area contributed by atoms with E-state index in [1.54, 1.807) is 0 Å². The second-order valence-electron chi connectivity index (χ2n) is 7.91. The van der Waals surface area contributed by atoms with Gasteiger partial charge in [-0.15, -0.1) is 0 Å². The van der Waals surface area contributed by atoms with Gasteiger partial charge in [0.2, 0.25) is 0 Å². The van der Waals surface area contributed by atoms with Gasteiger partial charge in [0.05, 0.1) is 0 Å². The SMILES string of the molecule is Cc1cc(-c2ccccc2)cc(C2CCCCC2)c1OC(C)CI(C)C. The molecule has 0 N–H and O–H groups in total. The zero-order chi connectivity index (χ0) is 18.5. The molecule has 0 aromatic heterocycles. The molecule has 1 atom stereocenters. The third-order valence-corrected chi connectivity index (χ3v) is 8.30. The van der Waals surface area contributed by atoms with E-state index in [0.717, 1.165) is 0 Å². The Balaban J connectivity index is 1.98. The third kappa shape index (κ3) is 5.03. The van der Waals surface area contributed by atoms with E-state index in [2.05, 4.69) is 66.2 Å². The molecule has 0 bridgehead atoms. The number of halogens is 1. The van der Waals surface area contributed by atoms with Gasteiger partial charge in [-0.05, 0) is 0 Å². The number of hydrogen-bond acceptors (Lipinski definition) is 1. The van der Waals surface area contributed by atoms with Gasteiger partial charge in [0, 0.05) is 0 Å². The van der Waals surface area contributed by atoms with Crippen LogP contribution >= 0.6 is 19.8 Å². The van der Waals surface area contributed by atoms with Crippen molar-refractivity contribution in [1.29, 1.82) is 0 Å². The predicted octanol–water partition coefficient (Wildman–Crippen LogP) is 7.24. The van der Waals surface area contributed by atoms with Gasteiger partial charge in [0.15, 0.2) is 0 Å². The summed E-state index contributed by atoms with van der Waals surface area (Å²) in [6, 6.07) is 15.5. The Kier molecular flexibility index (Phi) is 7.02. The Morgan fingerprint density at radius 2 is 1.69 bits per heavy atom. The van der Waals surface area contributed by atoms with E-state index >= 15 is 0 Å². The quantitative estimate of drug-likeness (QED) is 0.323. The topological polar surface area (TPSA) is 9.23 Å². The summed E-state index contributed by atoms with van der Waals surface area (Å²) in [7, 11) is 0. The van der Waals surface area contributed by atoms with Gasteiger partial charge in [-0.2, -0.15) is 0 Å². The van der Waals surface area contributed by atoms with Crippen molar-refractivity contribution in [2.24, 2.45) is 0 Å². The van der Waals surface area contributed by atoms with E-state index in [-0.39, 0.29) is 0 Å². The van der Waals surface area contributed by atoms with Crippen LogP contribution in [0.2, 0.25) is 0 Å². The van der Waals surface area contributed by atoms with E-state index in [0.29, 0.717) is 12.0 Å². The fraction of sp³-hybridized carbons (Fsp3) is 0.500. The minimum absolute atomic E-state index is 0.332. The van der Waals surface area contributed by atoms with Crippen molar-refractivity contribution in [2.45, 2.75) is 58.0 Å². The molecule has 1 aliphatic carbocycles. The molecule has 1 aliphatic rings. The number of rotatable bonds is 6. The maximum atomic E-state index is 6.57. The molecule has 0 radical (unpaired) electrons. The van der Waals surface area contributed by atoms with Crippen LogP contribution in [-0.2, 0) is 0 Å². The van der Waals surface area contributed by atoms with Crippen LogP contribution in [0.25, 0.3) is 11.1 Å². The zero-order valence-electron chi connectivity index (χ0n) is 16.7. The molecule has 1 nitrogen and oxygen atoms in total. The summed E-state index contributed by atoms with van der Waals surface area (Å²) in [5.74, 6) is 1.84. The third-order valence-electron chi connectivity index (χ3n) is 5.30. The van der Waals surface area contributed by atoms with Crippen molar-refractivity contribution in [3.63, 3.8) is 0 Å². The molecule has 1 fully saturated rings. The van der Waals surface area contributed by atoms with Crippen LogP contribution < -0.4 is 4.74 Å². The molecule has 0 amide bonds. The molecule has 3 rings (SSSR count). The van der Waals surface area contributed by atoms with Gasteiger partial charge in [-0.25, -0.2) is 0 Å². The average molecular weight is 464 g/mol. The molecule has 2 aromatic carbocycles. The Bertz CT molecular complexity index is 702. The van der Waals surface area contributed by atoms with Crippen LogP contribution in [0.5, 0.6) is 5.75 Å². The molecule has 142 valence electrons. The molecule has 1 saturated carbocycles. The summed E-state index contributed by atoms with van der Waals surface area (Å²) >= 11 is -0.782. The summed E-state index contributed by atoms with van der Waals surface area (Å²) in [4.78, 5) is 4.86. The number of hydrogen-bond donors (Lipinski definition) is 0. The molecule has 26 heavy (non-hydrogen) atoms. The van der Waals surface area contributed by atoms with E-state index in [9.17, 15) is 0 Å². The number of aryl methyl sites for hydroxylation is 1. The summed E-state index contributed by atoms with van der Waals surface area (Å²) in [6.07, 6.45) is 7.05. The van der Waals surface area contributed by atoms with Crippen LogP contribution in [0.1, 0.15) is 56.1 Å². The molecule has 2 heteroatoms. The fourth-order valence-corrected chi connectivity index (χ4v) is 6.80. The first-order valence-corrected chi connectivity index (χ1v) is 15.7. The van der Waals surface area contributed by atoms with Crippen LogP contribution in [0.15, 0.2) is 42.5 Å². The van der Waals surface area contributed by atoms with Crippen LogP contribution in [0.4, 0.5) is 0 Å². The van der Waals surface area contributed by atoms with E-state index < -0.39 is 19.8 Å². The van der Waals surface area contributed by atoms with Crippen molar-refractivity contribution in [2.75, 3.05) is 14.3 Å². The average Bonchev–Trinajstić information content (AvgIpc) is 2.64. The van der Waals surface area contributed by atoms with E-state index in [4.69, 9.17) is 4.74 Å². The second-order valence-corrected chi connectivity index (χ2v) is 14.0. The van der Waals surface area contributed by atoms with E-state index in [1.807, 2.05) is 0 Å². The van der Waals surface area contributed by atoms with Gasteiger partial charge in [0.1, 0.15) is 0 Å². The van der Waals surface area contributed by atoms with Crippen molar-refractivity contribution in [3.8, 4) is 16.9 Å². The number of ether oxygens (including phenoxy) is 1. The molecule has 0 spiro atoms. The summed E-state index contributed by atoms with van der Waals surface area (Å²) in [5, 5.41) is 0. The number of alkyl halides is 3. The monoisotopic (exact) mass is 464 g/mol. The first kappa shape index (κ1) is 19.7. The molecular weight excluding hydrogens is 431 g/mol. The summed E-state index contributed by atoms with van der Waals surface area (Å²) in [6.45, 7) is 4.49. The first-order chi connectivity index (χ1) is 12.5. The Morgan fingerprint density at radius 1 is 1.00 bits per heavy atom. The van der Waals surface area contributed by atoms with Crippen LogP contribution in [0, 0.1) is 6.92 Å². The Labute approximate surface area is 166 Å². The molecule has 0 heterocycles. The van der Waals surface area contributed by atoms with Gasteiger partial charge in [0.25, 0.3) is 0 Å². The molecule has 0 saturated heterocycles. The molecule has 0 aliphatic heterocycles. The maximum absolute atomic E-state index is 6.57. The molecular formula is C24H33IO. The normalized spacial score (nSPS) is 17.0. The van der Waals surface area contributed by atoms with Crippen LogP contribution in [0.3, 0.4) is 0 Å². The summed E-state index contributed by atoms with van der Waals surface area (Å²) < 4.78 is 7.83. The standard InChI is InChI=1S/C24H33IO/c1-18-15-22(20-11-7-5-8-12-20)16-23(21-13-9-6-10-14-21)24(18)26-19(2)17-25(3)4/h5,7-8,11-12,15-16,19,21H,6,9-10,13-14,17H2,1-4H3. The van der Waals surface area contributed by atoms with Gasteiger partial charge in [-0.1, -0.05) is 0 Å². The number of benzene rings is 2. The Morgan fingerprint density at radius 3 is 2.35 bits per heavy atom. The van der Waals surface area contributed by atoms with Gasteiger partial charge < -0.3 is 0 Å². The predicted molar refractivity (Wildman–Crippen MR) is 123 cm³/mol. The van der Waals surface area contributed by atoms with Crippen LogP contribution in [-0.4, -0.2) is 20.4 Å². The van der Waals surface area contributed by atoms with Crippen molar-refractivity contribution in [3.05, 3.63) is 53.6 Å². The summed E-state index contributed by atoms with van der Waals surface area (Å²) in [5.41, 5.74) is 5.40. The van der Waals surface area contributed by atoms with Gasteiger partial charge >= 0.3 is 167 Å². The Hall–Kier alpha value is -1.03. The van der Waals surface area contributed by atoms with Gasteiger partial charge in [-0.3, -0.25) is 0 Å². The van der Waals surface area contributed by atoms with E-state index in [1.165, 1.54) is 64.5 Å². The van der Waals surface area contributed by atoms with Crippen molar-refractivity contribution < 1.29 is 4.74 Å². The van der Waals surface area contributed by atoms with Crippen molar-refractivity contribution in [1.82, 2.24) is 0 Å². The molecule has 1 unspecified atom stereocenters.